The van der Waals surface area contributed by atoms with Crippen molar-refractivity contribution in [1.29, 1.82) is 0 Å². The summed E-state index contributed by atoms with van der Waals surface area (Å²) < 4.78 is 31.3. The van der Waals surface area contributed by atoms with Crippen molar-refractivity contribution in [3.05, 3.63) is 162 Å². The highest BCUT2D eigenvalue weighted by atomic mass is 31.2. The molecule has 0 amide bonds. The Hall–Kier alpha value is -4.27. The molecule has 5 rings (SSSR count). The summed E-state index contributed by atoms with van der Waals surface area (Å²) >= 11 is 0. The maximum Gasteiger partial charge on any atom is 0.647 e. The van der Waals surface area contributed by atoms with Crippen molar-refractivity contribution in [1.82, 2.24) is 0 Å². The normalized spacial score (nSPS) is 11.0. The molecule has 0 aliphatic heterocycles. The van der Waals surface area contributed by atoms with Crippen molar-refractivity contribution in [3.8, 4) is 17.2 Å². The highest BCUT2D eigenvalue weighted by Gasteiger charge is 2.33. The number of para-hydroxylation sites is 1. The Morgan fingerprint density at radius 1 is 0.378 bits per heavy atom. The molecule has 0 aliphatic rings. The molecule has 184 valence electrons. The smallest absolute Gasteiger partial charge is 0.386 e. The molecule has 0 heterocycles. The second-order valence-electron chi connectivity index (χ2n) is 8.65. The van der Waals surface area contributed by atoms with E-state index < -0.39 is 7.82 Å². The Morgan fingerprint density at radius 2 is 0.676 bits per heavy atom. The molecule has 37 heavy (non-hydrogen) atoms. The first-order valence-corrected chi connectivity index (χ1v) is 13.6. The zero-order valence-corrected chi connectivity index (χ0v) is 21.2. The second kappa shape index (κ2) is 11.6. The first kappa shape index (κ1) is 24.4. The van der Waals surface area contributed by atoms with Crippen LogP contribution in [0.1, 0.15) is 22.3 Å². The van der Waals surface area contributed by atoms with E-state index in [4.69, 9.17) is 13.6 Å². The highest BCUT2D eigenvalue weighted by molar-refractivity contribution is 7.49. The van der Waals surface area contributed by atoms with Crippen LogP contribution < -0.4 is 13.6 Å². The van der Waals surface area contributed by atoms with Gasteiger partial charge in [-0.15, -0.1) is 0 Å². The fraction of sp³-hybridized carbons (Fsp3) is 0.0625. The molecule has 0 atom stereocenters. The number of hydrogen-bond donors (Lipinski definition) is 0. The quantitative estimate of drug-likeness (QED) is 0.178. The average molecular weight is 507 g/mol. The van der Waals surface area contributed by atoms with E-state index in [-0.39, 0.29) is 0 Å². The van der Waals surface area contributed by atoms with E-state index in [1.54, 1.807) is 48.5 Å². The fourth-order valence-corrected chi connectivity index (χ4v) is 5.18. The van der Waals surface area contributed by atoms with Gasteiger partial charge in [0.25, 0.3) is 0 Å². The van der Waals surface area contributed by atoms with Crippen LogP contribution in [0.2, 0.25) is 0 Å². The van der Waals surface area contributed by atoms with Crippen molar-refractivity contribution in [2.24, 2.45) is 0 Å². The van der Waals surface area contributed by atoms with Crippen molar-refractivity contribution < 1.29 is 18.1 Å². The molecular weight excluding hydrogens is 479 g/mol. The van der Waals surface area contributed by atoms with Gasteiger partial charge in [-0.25, -0.2) is 0 Å². The van der Waals surface area contributed by atoms with Crippen LogP contribution in [0.15, 0.2) is 140 Å². The largest absolute Gasteiger partial charge is 0.647 e. The Bertz CT molecular complexity index is 1350. The van der Waals surface area contributed by atoms with Crippen molar-refractivity contribution in [2.45, 2.75) is 12.8 Å². The van der Waals surface area contributed by atoms with E-state index in [0.717, 1.165) is 24.0 Å². The summed E-state index contributed by atoms with van der Waals surface area (Å²) in [6.45, 7) is 0. The summed E-state index contributed by atoms with van der Waals surface area (Å²) in [4.78, 5) is 0. The molecule has 0 unspecified atom stereocenters. The van der Waals surface area contributed by atoms with E-state index in [0.29, 0.717) is 17.2 Å². The molecule has 4 nitrogen and oxygen atoms in total. The lowest BCUT2D eigenvalue weighted by Gasteiger charge is -2.19. The minimum Gasteiger partial charge on any atom is -0.386 e. The maximum absolute atomic E-state index is 13.8. The first-order valence-electron chi connectivity index (χ1n) is 12.1. The third kappa shape index (κ3) is 7.13. The first-order chi connectivity index (χ1) is 18.1. The summed E-state index contributed by atoms with van der Waals surface area (Å²) in [5.41, 5.74) is 4.67. The van der Waals surface area contributed by atoms with Gasteiger partial charge in [-0.2, -0.15) is 4.57 Å². The van der Waals surface area contributed by atoms with Crippen LogP contribution in [-0.4, -0.2) is 0 Å². The van der Waals surface area contributed by atoms with Crippen LogP contribution in [0.5, 0.6) is 17.2 Å². The Morgan fingerprint density at radius 3 is 1.05 bits per heavy atom. The van der Waals surface area contributed by atoms with E-state index in [1.165, 1.54) is 11.1 Å². The number of hydrogen-bond acceptors (Lipinski definition) is 4. The van der Waals surface area contributed by atoms with Gasteiger partial charge in [0, 0.05) is 0 Å². The molecule has 5 aromatic rings. The fourth-order valence-electron chi connectivity index (χ4n) is 3.92. The third-order valence-corrected chi connectivity index (χ3v) is 7.05. The van der Waals surface area contributed by atoms with Gasteiger partial charge in [-0.3, -0.25) is 0 Å². The standard InChI is InChI=1S/C32H27O4P/c33-37(34-30-14-8-3-9-15-30,35-31-20-16-28(17-21-31)24-26-10-4-1-5-11-26)36-32-22-18-29(19-23-32)25-27-12-6-2-7-13-27/h1-23H,24-25H2. The van der Waals surface area contributed by atoms with Gasteiger partial charge >= 0.3 is 7.82 Å². The Balaban J connectivity index is 1.32. The number of phosphoric ester groups is 1. The minimum atomic E-state index is -4.05. The van der Waals surface area contributed by atoms with Gasteiger partial charge in [-0.1, -0.05) is 103 Å². The van der Waals surface area contributed by atoms with Crippen LogP contribution in [0, 0.1) is 0 Å². The molecule has 0 spiro atoms. The number of phosphoric acid groups is 1. The SMILES string of the molecule is O=P(Oc1ccccc1)(Oc1ccc(Cc2ccccc2)cc1)Oc1ccc(Cc2ccccc2)cc1. The summed E-state index contributed by atoms with van der Waals surface area (Å²) in [6, 6.07) is 44.3. The molecule has 0 saturated carbocycles. The Labute approximate surface area is 217 Å². The van der Waals surface area contributed by atoms with Crippen LogP contribution in [0.3, 0.4) is 0 Å². The van der Waals surface area contributed by atoms with Gasteiger partial charge < -0.3 is 13.6 Å². The molecule has 5 aromatic carbocycles. The topological polar surface area (TPSA) is 44.8 Å². The van der Waals surface area contributed by atoms with E-state index in [2.05, 4.69) is 24.3 Å². The zero-order chi connectivity index (χ0) is 25.3. The van der Waals surface area contributed by atoms with Crippen molar-refractivity contribution in [2.75, 3.05) is 0 Å². The third-order valence-electron chi connectivity index (χ3n) is 5.74. The second-order valence-corrected chi connectivity index (χ2v) is 10.1. The number of rotatable bonds is 10. The molecule has 0 fully saturated rings. The lowest BCUT2D eigenvalue weighted by Crippen LogP contribution is -2.07. The lowest BCUT2D eigenvalue weighted by molar-refractivity contribution is 0.298. The molecule has 5 heteroatoms. The van der Waals surface area contributed by atoms with Crippen LogP contribution >= 0.6 is 7.82 Å². The van der Waals surface area contributed by atoms with E-state index >= 15 is 0 Å². The van der Waals surface area contributed by atoms with Crippen molar-refractivity contribution in [3.63, 3.8) is 0 Å². The van der Waals surface area contributed by atoms with Gasteiger partial charge in [0.15, 0.2) is 0 Å². The molecule has 0 aromatic heterocycles. The predicted molar refractivity (Wildman–Crippen MR) is 147 cm³/mol. The van der Waals surface area contributed by atoms with E-state index in [9.17, 15) is 4.57 Å². The van der Waals surface area contributed by atoms with Gasteiger partial charge in [0.1, 0.15) is 17.2 Å². The monoisotopic (exact) mass is 506 g/mol. The molecule has 0 saturated heterocycles. The molecule has 0 bridgehead atoms. The predicted octanol–water partition coefficient (Wildman–Crippen LogP) is 8.51. The summed E-state index contributed by atoms with van der Waals surface area (Å²) in [5, 5.41) is 0. The van der Waals surface area contributed by atoms with Gasteiger partial charge in [0.05, 0.1) is 0 Å². The molecule has 0 radical (unpaired) electrons. The molecular formula is C32H27O4P. The van der Waals surface area contributed by atoms with Crippen LogP contribution in [0.25, 0.3) is 0 Å². The highest BCUT2D eigenvalue weighted by Crippen LogP contribution is 2.49. The Kier molecular flexibility index (Phi) is 7.69. The van der Waals surface area contributed by atoms with Gasteiger partial charge in [0.2, 0.25) is 0 Å². The van der Waals surface area contributed by atoms with Gasteiger partial charge in [-0.05, 0) is 71.5 Å². The van der Waals surface area contributed by atoms with Crippen LogP contribution in [0.4, 0.5) is 0 Å². The van der Waals surface area contributed by atoms with E-state index in [1.807, 2.05) is 66.7 Å². The summed E-state index contributed by atoms with van der Waals surface area (Å²) in [7, 11) is -4.05. The molecule has 0 aliphatic carbocycles. The van der Waals surface area contributed by atoms with Crippen LogP contribution in [-0.2, 0) is 17.4 Å². The number of benzene rings is 5. The molecule has 0 N–H and O–H groups in total. The summed E-state index contributed by atoms with van der Waals surface area (Å²) in [5.74, 6) is 1.20. The maximum atomic E-state index is 13.8. The summed E-state index contributed by atoms with van der Waals surface area (Å²) in [6.07, 6.45) is 1.59. The zero-order valence-electron chi connectivity index (χ0n) is 20.3. The lowest BCUT2D eigenvalue weighted by atomic mass is 10.1. The van der Waals surface area contributed by atoms with Crippen molar-refractivity contribution >= 4 is 7.82 Å². The average Bonchev–Trinajstić information content (AvgIpc) is 2.93. The minimum absolute atomic E-state index is 0.396.